The van der Waals surface area contributed by atoms with Crippen LogP contribution in [0.5, 0.6) is 0 Å². The maximum atomic E-state index is 12.7. The van der Waals surface area contributed by atoms with Gasteiger partial charge in [-0.1, -0.05) is 6.92 Å². The largest absolute Gasteiger partial charge is 0.325 e. The Morgan fingerprint density at radius 2 is 2.13 bits per heavy atom. The Morgan fingerprint density at radius 3 is 3.00 bits per heavy atom. The number of fused-ring (bicyclic) bond motifs is 2. The van der Waals surface area contributed by atoms with E-state index < -0.39 is 0 Å². The second kappa shape index (κ2) is 5.12. The molecule has 0 saturated heterocycles. The molecular weight excluding hydrogens is 294 g/mol. The van der Waals surface area contributed by atoms with E-state index in [-0.39, 0.29) is 23.4 Å². The minimum absolute atomic E-state index is 0.0444. The zero-order valence-corrected chi connectivity index (χ0v) is 12.6. The number of benzene rings is 1. The van der Waals surface area contributed by atoms with Gasteiger partial charge in [0.2, 0.25) is 5.91 Å². The summed E-state index contributed by atoms with van der Waals surface area (Å²) in [7, 11) is 0. The van der Waals surface area contributed by atoms with Gasteiger partial charge in [0.1, 0.15) is 0 Å². The highest BCUT2D eigenvalue weighted by Gasteiger charge is 2.33. The fourth-order valence-electron chi connectivity index (χ4n) is 3.37. The molecule has 7 heteroatoms. The lowest BCUT2D eigenvalue weighted by Gasteiger charge is -2.27. The van der Waals surface area contributed by atoms with Crippen molar-refractivity contribution in [3.8, 4) is 0 Å². The van der Waals surface area contributed by atoms with Gasteiger partial charge < -0.3 is 15.3 Å². The van der Waals surface area contributed by atoms with Gasteiger partial charge in [-0.05, 0) is 37.0 Å². The first kappa shape index (κ1) is 13.8. The number of aryl methyl sites for hydroxylation is 1. The van der Waals surface area contributed by atoms with Crippen molar-refractivity contribution in [2.24, 2.45) is 5.92 Å². The predicted molar refractivity (Wildman–Crippen MR) is 86.4 cm³/mol. The number of H-pyrrole nitrogens is 3. The molecule has 1 amide bonds. The SMILES string of the molecule is CC1CCc2[nH]ncc2C1C(=O)Nc1ccc2[nH]c(=O)[nH]c2c1. The second-order valence-electron chi connectivity index (χ2n) is 6.13. The minimum atomic E-state index is -0.257. The lowest BCUT2D eigenvalue weighted by molar-refractivity contribution is -0.118. The summed E-state index contributed by atoms with van der Waals surface area (Å²) in [4.78, 5) is 29.4. The Labute approximate surface area is 131 Å². The van der Waals surface area contributed by atoms with E-state index in [4.69, 9.17) is 0 Å². The third kappa shape index (κ3) is 2.34. The molecule has 0 saturated carbocycles. The number of anilines is 1. The third-order valence-corrected chi connectivity index (χ3v) is 4.57. The lowest BCUT2D eigenvalue weighted by atomic mass is 9.78. The van der Waals surface area contributed by atoms with E-state index in [2.05, 4.69) is 32.4 Å². The highest BCUT2D eigenvalue weighted by atomic mass is 16.2. The molecule has 0 fully saturated rings. The van der Waals surface area contributed by atoms with E-state index in [1.54, 1.807) is 24.4 Å². The Hall–Kier alpha value is -2.83. The first-order chi connectivity index (χ1) is 11.1. The number of aromatic nitrogens is 4. The highest BCUT2D eigenvalue weighted by Crippen LogP contribution is 2.35. The number of nitrogens with one attached hydrogen (secondary N) is 4. The zero-order valence-electron chi connectivity index (χ0n) is 12.6. The van der Waals surface area contributed by atoms with Gasteiger partial charge in [0, 0.05) is 16.9 Å². The van der Waals surface area contributed by atoms with Crippen LogP contribution in [0.4, 0.5) is 5.69 Å². The first-order valence-electron chi connectivity index (χ1n) is 7.67. The topological polar surface area (TPSA) is 106 Å². The highest BCUT2D eigenvalue weighted by molar-refractivity contribution is 5.97. The molecular formula is C16H17N5O2. The van der Waals surface area contributed by atoms with Gasteiger partial charge in [-0.3, -0.25) is 9.89 Å². The molecule has 0 spiro atoms. The molecule has 0 radical (unpaired) electrons. The lowest BCUT2D eigenvalue weighted by Crippen LogP contribution is -2.29. The van der Waals surface area contributed by atoms with E-state index in [1.807, 2.05) is 0 Å². The number of carbonyl (C=O) groups is 1. The van der Waals surface area contributed by atoms with Crippen molar-refractivity contribution in [3.63, 3.8) is 0 Å². The zero-order chi connectivity index (χ0) is 16.0. The van der Waals surface area contributed by atoms with Gasteiger partial charge >= 0.3 is 5.69 Å². The van der Waals surface area contributed by atoms with Crippen LogP contribution in [0.3, 0.4) is 0 Å². The van der Waals surface area contributed by atoms with Gasteiger partial charge in [0.05, 0.1) is 23.1 Å². The van der Waals surface area contributed by atoms with Gasteiger partial charge in [0.25, 0.3) is 0 Å². The minimum Gasteiger partial charge on any atom is -0.325 e. The number of hydrogen-bond acceptors (Lipinski definition) is 3. The summed E-state index contributed by atoms with van der Waals surface area (Å²) in [6, 6.07) is 5.32. The van der Waals surface area contributed by atoms with Crippen LogP contribution in [0.25, 0.3) is 11.0 Å². The van der Waals surface area contributed by atoms with Crippen LogP contribution in [0, 0.1) is 5.92 Å². The molecule has 3 aromatic rings. The van der Waals surface area contributed by atoms with Gasteiger partial charge in [-0.2, -0.15) is 5.10 Å². The van der Waals surface area contributed by atoms with Crippen LogP contribution in [0.1, 0.15) is 30.5 Å². The smallest absolute Gasteiger partial charge is 0.323 e. The molecule has 0 bridgehead atoms. The van der Waals surface area contributed by atoms with Crippen LogP contribution >= 0.6 is 0 Å². The molecule has 1 aromatic carbocycles. The Bertz CT molecular complexity index is 935. The fourth-order valence-corrected chi connectivity index (χ4v) is 3.37. The van der Waals surface area contributed by atoms with Crippen molar-refractivity contribution in [3.05, 3.63) is 46.1 Å². The molecule has 2 aromatic heterocycles. The normalized spacial score (nSPS) is 20.4. The molecule has 7 nitrogen and oxygen atoms in total. The summed E-state index contributed by atoms with van der Waals surface area (Å²) in [6.45, 7) is 2.09. The van der Waals surface area contributed by atoms with E-state index in [0.29, 0.717) is 11.2 Å². The monoisotopic (exact) mass is 311 g/mol. The molecule has 1 aliphatic rings. The van der Waals surface area contributed by atoms with Crippen LogP contribution in [0.15, 0.2) is 29.2 Å². The van der Waals surface area contributed by atoms with Crippen LogP contribution in [0.2, 0.25) is 0 Å². The van der Waals surface area contributed by atoms with E-state index in [1.165, 1.54) is 0 Å². The Balaban J connectivity index is 1.63. The number of rotatable bonds is 2. The number of amides is 1. The number of carbonyl (C=O) groups excluding carboxylic acids is 1. The molecule has 2 unspecified atom stereocenters. The van der Waals surface area contributed by atoms with E-state index in [0.717, 1.165) is 29.6 Å². The molecule has 23 heavy (non-hydrogen) atoms. The summed E-state index contributed by atoms with van der Waals surface area (Å²) in [5.74, 6) is 0.00597. The van der Waals surface area contributed by atoms with Gasteiger partial charge in [-0.15, -0.1) is 0 Å². The quantitative estimate of drug-likeness (QED) is 0.580. The standard InChI is InChI=1S/C16H17N5O2/c1-8-2-4-11-10(7-17-21-11)14(8)15(22)18-9-3-5-12-13(6-9)20-16(23)19-12/h3,5-8,14H,2,4H2,1H3,(H,17,21)(H,18,22)(H2,19,20,23). The second-order valence-corrected chi connectivity index (χ2v) is 6.13. The first-order valence-corrected chi connectivity index (χ1v) is 7.67. The van der Waals surface area contributed by atoms with Crippen LogP contribution in [-0.4, -0.2) is 26.1 Å². The van der Waals surface area contributed by atoms with Crippen LogP contribution < -0.4 is 11.0 Å². The van der Waals surface area contributed by atoms with Gasteiger partial charge in [0.15, 0.2) is 0 Å². The number of hydrogen-bond donors (Lipinski definition) is 4. The van der Waals surface area contributed by atoms with Crippen molar-refractivity contribution >= 4 is 22.6 Å². The molecule has 118 valence electrons. The summed E-state index contributed by atoms with van der Waals surface area (Å²) < 4.78 is 0. The van der Waals surface area contributed by atoms with Gasteiger partial charge in [-0.25, -0.2) is 4.79 Å². The summed E-state index contributed by atoms with van der Waals surface area (Å²) in [5.41, 5.74) is 3.84. The maximum absolute atomic E-state index is 12.7. The van der Waals surface area contributed by atoms with Crippen molar-refractivity contribution in [1.82, 2.24) is 20.2 Å². The predicted octanol–water partition coefficient (Wildman–Crippen LogP) is 1.88. The summed E-state index contributed by atoms with van der Waals surface area (Å²) in [6.07, 6.45) is 3.64. The summed E-state index contributed by atoms with van der Waals surface area (Å²) in [5, 5.41) is 10.0. The molecule has 2 atom stereocenters. The third-order valence-electron chi connectivity index (χ3n) is 4.57. The van der Waals surface area contributed by atoms with Crippen molar-refractivity contribution < 1.29 is 4.79 Å². The Kier molecular flexibility index (Phi) is 3.07. The number of aromatic amines is 3. The number of nitrogens with zero attached hydrogens (tertiary/aromatic N) is 1. The van der Waals surface area contributed by atoms with Crippen molar-refractivity contribution in [1.29, 1.82) is 0 Å². The molecule has 1 aliphatic carbocycles. The molecule has 2 heterocycles. The van der Waals surface area contributed by atoms with E-state index in [9.17, 15) is 9.59 Å². The molecule has 4 N–H and O–H groups in total. The maximum Gasteiger partial charge on any atom is 0.323 e. The average Bonchev–Trinajstić information content (AvgIpc) is 3.11. The summed E-state index contributed by atoms with van der Waals surface area (Å²) >= 11 is 0. The van der Waals surface area contributed by atoms with Crippen molar-refractivity contribution in [2.75, 3.05) is 5.32 Å². The molecule has 0 aliphatic heterocycles. The molecule has 4 rings (SSSR count). The fraction of sp³-hybridized carbons (Fsp3) is 0.312. The average molecular weight is 311 g/mol. The number of imidazole rings is 1. The van der Waals surface area contributed by atoms with E-state index >= 15 is 0 Å². The van der Waals surface area contributed by atoms with Crippen molar-refractivity contribution in [2.45, 2.75) is 25.7 Å². The Morgan fingerprint density at radius 1 is 1.30 bits per heavy atom. The van der Waals surface area contributed by atoms with Crippen LogP contribution in [-0.2, 0) is 11.2 Å².